The van der Waals surface area contributed by atoms with E-state index in [0.29, 0.717) is 10.7 Å². The van der Waals surface area contributed by atoms with Crippen molar-refractivity contribution in [3.8, 4) is 0 Å². The number of halogens is 1. The van der Waals surface area contributed by atoms with Gasteiger partial charge in [-0.3, -0.25) is 4.79 Å². The number of carbonyl (C=O) groups excluding carboxylic acids is 2. The highest BCUT2D eigenvalue weighted by Gasteiger charge is 2.24. The van der Waals surface area contributed by atoms with Crippen molar-refractivity contribution in [1.82, 2.24) is 4.72 Å². The maximum Gasteiger partial charge on any atom is 0.350 e. The maximum atomic E-state index is 12.5. The molecule has 0 saturated carbocycles. The van der Waals surface area contributed by atoms with Gasteiger partial charge in [0, 0.05) is 21.8 Å². The average Bonchev–Trinajstić information content (AvgIpc) is 3.04. The van der Waals surface area contributed by atoms with E-state index in [-0.39, 0.29) is 15.8 Å². The number of sulfonamides is 1. The summed E-state index contributed by atoms with van der Waals surface area (Å²) in [4.78, 5) is 25.2. The third-order valence-electron chi connectivity index (χ3n) is 4.20. The van der Waals surface area contributed by atoms with E-state index in [4.69, 9.17) is 16.3 Å². The first kappa shape index (κ1) is 23.2. The molecule has 2 aromatic carbocycles. The summed E-state index contributed by atoms with van der Waals surface area (Å²) < 4.78 is 32.9. The zero-order valence-electron chi connectivity index (χ0n) is 17.0. The van der Waals surface area contributed by atoms with Crippen molar-refractivity contribution in [2.75, 3.05) is 5.32 Å². The molecule has 1 atom stereocenters. The molecule has 2 N–H and O–H groups in total. The van der Waals surface area contributed by atoms with Crippen molar-refractivity contribution in [2.45, 2.75) is 37.8 Å². The van der Waals surface area contributed by atoms with E-state index in [1.807, 2.05) is 24.3 Å². The minimum Gasteiger partial charge on any atom is -0.448 e. The van der Waals surface area contributed by atoms with Crippen molar-refractivity contribution >= 4 is 60.6 Å². The van der Waals surface area contributed by atoms with Crippen LogP contribution in [0, 0.1) is 0 Å². The van der Waals surface area contributed by atoms with Gasteiger partial charge in [0.15, 0.2) is 6.10 Å². The quantitative estimate of drug-likeness (QED) is 0.487. The number of rotatable bonds is 7. The zero-order valence-corrected chi connectivity index (χ0v) is 19.4. The summed E-state index contributed by atoms with van der Waals surface area (Å²) in [5.41, 5.74) is 0.372. The number of hydrogen-bond donors (Lipinski definition) is 2. The SMILES string of the molecule is CC(C)NS(=O)(=O)c1ccc(NC(=O)C(C)OC(=O)c2sc3ccccc3c2Cl)cc1. The lowest BCUT2D eigenvalue weighted by molar-refractivity contribution is -0.123. The van der Waals surface area contributed by atoms with Crippen LogP contribution in [-0.4, -0.2) is 32.4 Å². The molecule has 31 heavy (non-hydrogen) atoms. The topological polar surface area (TPSA) is 102 Å². The Hall–Kier alpha value is -2.46. The molecular formula is C21H21ClN2O5S2. The van der Waals surface area contributed by atoms with Gasteiger partial charge in [-0.2, -0.15) is 0 Å². The Morgan fingerprint density at radius 3 is 2.29 bits per heavy atom. The average molecular weight is 481 g/mol. The summed E-state index contributed by atoms with van der Waals surface area (Å²) in [6.07, 6.45) is -1.08. The maximum absolute atomic E-state index is 12.5. The van der Waals surface area contributed by atoms with Crippen LogP contribution in [0.2, 0.25) is 5.02 Å². The Morgan fingerprint density at radius 2 is 1.68 bits per heavy atom. The van der Waals surface area contributed by atoms with E-state index in [9.17, 15) is 18.0 Å². The molecule has 0 bridgehead atoms. The Bertz CT molecular complexity index is 1220. The minimum atomic E-state index is -3.63. The fraction of sp³-hybridized carbons (Fsp3) is 0.238. The third kappa shape index (κ3) is 5.43. The molecule has 1 unspecified atom stereocenters. The Kier molecular flexibility index (Phi) is 7.00. The molecule has 3 aromatic rings. The summed E-state index contributed by atoms with van der Waals surface area (Å²) in [7, 11) is -3.63. The van der Waals surface area contributed by atoms with E-state index in [1.54, 1.807) is 13.8 Å². The number of amides is 1. The second kappa shape index (κ2) is 9.35. The molecule has 1 amide bonds. The minimum absolute atomic E-state index is 0.0816. The van der Waals surface area contributed by atoms with Gasteiger partial charge in [0.05, 0.1) is 9.92 Å². The highest BCUT2D eigenvalue weighted by Crippen LogP contribution is 2.35. The lowest BCUT2D eigenvalue weighted by Gasteiger charge is -2.14. The van der Waals surface area contributed by atoms with E-state index in [1.165, 1.54) is 42.5 Å². The fourth-order valence-corrected chi connectivity index (χ4v) is 5.39. The first-order valence-corrected chi connectivity index (χ1v) is 12.1. The van der Waals surface area contributed by atoms with Gasteiger partial charge in [-0.05, 0) is 51.1 Å². The number of thiophene rings is 1. The van der Waals surface area contributed by atoms with Crippen molar-refractivity contribution in [1.29, 1.82) is 0 Å². The van der Waals surface area contributed by atoms with Crippen LogP contribution in [0.1, 0.15) is 30.4 Å². The van der Waals surface area contributed by atoms with Gasteiger partial charge >= 0.3 is 5.97 Å². The molecule has 0 aliphatic heterocycles. The Labute approximate surface area is 189 Å². The predicted molar refractivity (Wildman–Crippen MR) is 122 cm³/mol. The molecule has 1 heterocycles. The molecule has 0 spiro atoms. The lowest BCUT2D eigenvalue weighted by atomic mass is 10.2. The van der Waals surface area contributed by atoms with Crippen LogP contribution < -0.4 is 10.0 Å². The monoisotopic (exact) mass is 480 g/mol. The molecule has 0 fully saturated rings. The van der Waals surface area contributed by atoms with Gasteiger partial charge in [-0.15, -0.1) is 11.3 Å². The molecule has 1 aromatic heterocycles. The molecule has 0 aliphatic rings. The third-order valence-corrected chi connectivity index (χ3v) is 7.53. The second-order valence-electron chi connectivity index (χ2n) is 7.08. The number of fused-ring (bicyclic) bond motifs is 1. The Morgan fingerprint density at radius 1 is 1.03 bits per heavy atom. The van der Waals surface area contributed by atoms with Crippen LogP contribution in [0.3, 0.4) is 0 Å². The van der Waals surface area contributed by atoms with Crippen molar-refractivity contribution in [3.05, 3.63) is 58.4 Å². The van der Waals surface area contributed by atoms with Crippen LogP contribution >= 0.6 is 22.9 Å². The Balaban J connectivity index is 1.65. The summed E-state index contributed by atoms with van der Waals surface area (Å²) >= 11 is 7.48. The molecule has 0 radical (unpaired) electrons. The van der Waals surface area contributed by atoms with E-state index in [2.05, 4.69) is 10.0 Å². The van der Waals surface area contributed by atoms with E-state index in [0.717, 1.165) is 10.1 Å². The smallest absolute Gasteiger partial charge is 0.350 e. The zero-order chi connectivity index (χ0) is 22.8. The van der Waals surface area contributed by atoms with Crippen molar-refractivity contribution < 1.29 is 22.7 Å². The number of esters is 1. The van der Waals surface area contributed by atoms with E-state index >= 15 is 0 Å². The largest absolute Gasteiger partial charge is 0.448 e. The molecule has 7 nitrogen and oxygen atoms in total. The second-order valence-corrected chi connectivity index (χ2v) is 10.2. The summed E-state index contributed by atoms with van der Waals surface area (Å²) in [6.45, 7) is 4.89. The van der Waals surface area contributed by atoms with Crippen molar-refractivity contribution in [2.24, 2.45) is 0 Å². The van der Waals surface area contributed by atoms with Crippen LogP contribution in [0.4, 0.5) is 5.69 Å². The number of ether oxygens (including phenoxy) is 1. The first-order chi connectivity index (χ1) is 14.6. The van der Waals surface area contributed by atoms with Crippen LogP contribution in [0.15, 0.2) is 53.4 Å². The number of anilines is 1. The molecule has 3 rings (SSSR count). The van der Waals surface area contributed by atoms with Gasteiger partial charge in [-0.25, -0.2) is 17.9 Å². The van der Waals surface area contributed by atoms with Gasteiger partial charge in [0.25, 0.3) is 5.91 Å². The van der Waals surface area contributed by atoms with Gasteiger partial charge in [-0.1, -0.05) is 29.8 Å². The van der Waals surface area contributed by atoms with Crippen LogP contribution in [0.5, 0.6) is 0 Å². The normalized spacial score (nSPS) is 12.7. The van der Waals surface area contributed by atoms with Gasteiger partial charge in [0.2, 0.25) is 10.0 Å². The summed E-state index contributed by atoms with van der Waals surface area (Å²) in [5, 5.41) is 3.64. The van der Waals surface area contributed by atoms with Crippen LogP contribution in [-0.2, 0) is 19.6 Å². The molecule has 10 heteroatoms. The van der Waals surface area contributed by atoms with Crippen LogP contribution in [0.25, 0.3) is 10.1 Å². The predicted octanol–water partition coefficient (Wildman–Crippen LogP) is 4.43. The van der Waals surface area contributed by atoms with Gasteiger partial charge < -0.3 is 10.1 Å². The fourth-order valence-electron chi connectivity index (χ4n) is 2.75. The van der Waals surface area contributed by atoms with Gasteiger partial charge in [0.1, 0.15) is 4.88 Å². The highest BCUT2D eigenvalue weighted by molar-refractivity contribution is 7.89. The number of benzene rings is 2. The molecule has 0 aliphatic carbocycles. The standard InChI is InChI=1S/C21H21ClN2O5S2/c1-12(2)24-31(27,28)15-10-8-14(9-11-15)23-20(25)13(3)29-21(26)19-18(22)16-6-4-5-7-17(16)30-19/h4-13,24H,1-3H3,(H,23,25). The summed E-state index contributed by atoms with van der Waals surface area (Å²) in [6, 6.07) is 12.8. The molecule has 164 valence electrons. The van der Waals surface area contributed by atoms with E-state index < -0.39 is 28.0 Å². The lowest BCUT2D eigenvalue weighted by Crippen LogP contribution is -2.30. The molecule has 0 saturated heterocycles. The summed E-state index contributed by atoms with van der Waals surface area (Å²) in [5.74, 6) is -1.24. The number of carbonyl (C=O) groups is 2. The number of hydrogen-bond acceptors (Lipinski definition) is 6. The molecular weight excluding hydrogens is 460 g/mol. The van der Waals surface area contributed by atoms with Crippen molar-refractivity contribution in [3.63, 3.8) is 0 Å². The highest BCUT2D eigenvalue weighted by atomic mass is 35.5. The number of nitrogens with one attached hydrogen (secondary N) is 2. The first-order valence-electron chi connectivity index (χ1n) is 9.40.